The minimum atomic E-state index is -0.614. The van der Waals surface area contributed by atoms with Crippen molar-refractivity contribution in [3.63, 3.8) is 0 Å². The normalized spacial score (nSPS) is 14.9. The van der Waals surface area contributed by atoms with E-state index in [1.54, 1.807) is 18.2 Å². The van der Waals surface area contributed by atoms with E-state index in [-0.39, 0.29) is 5.56 Å². The van der Waals surface area contributed by atoms with Gasteiger partial charge in [-0.1, -0.05) is 24.3 Å². The van der Waals surface area contributed by atoms with Crippen molar-refractivity contribution in [1.82, 2.24) is 0 Å². The first kappa shape index (κ1) is 16.3. The SMILES string of the molecule is COC(=O)/C=C1\c2cccc(F)c2C(=O)N1c1ccccc1SC. The topological polar surface area (TPSA) is 46.6 Å². The highest BCUT2D eigenvalue weighted by molar-refractivity contribution is 7.98. The lowest BCUT2D eigenvalue weighted by atomic mass is 10.1. The first-order valence-electron chi connectivity index (χ1n) is 7.14. The lowest BCUT2D eigenvalue weighted by molar-refractivity contribution is -0.134. The van der Waals surface area contributed by atoms with E-state index >= 15 is 0 Å². The fourth-order valence-corrected chi connectivity index (χ4v) is 3.25. The minimum Gasteiger partial charge on any atom is -0.466 e. The quantitative estimate of drug-likeness (QED) is 0.484. The van der Waals surface area contributed by atoms with Crippen molar-refractivity contribution in [3.05, 3.63) is 65.5 Å². The molecule has 0 saturated heterocycles. The van der Waals surface area contributed by atoms with Crippen molar-refractivity contribution in [2.45, 2.75) is 4.90 Å². The molecule has 6 heteroatoms. The van der Waals surface area contributed by atoms with Gasteiger partial charge in [0.15, 0.2) is 0 Å². The number of amides is 1. The third kappa shape index (κ3) is 2.59. The van der Waals surface area contributed by atoms with Crippen molar-refractivity contribution in [1.29, 1.82) is 0 Å². The molecule has 24 heavy (non-hydrogen) atoms. The average Bonchev–Trinajstić information content (AvgIpc) is 2.88. The molecule has 1 aliphatic heterocycles. The van der Waals surface area contributed by atoms with Gasteiger partial charge in [-0.3, -0.25) is 9.69 Å². The number of para-hydroxylation sites is 1. The van der Waals surface area contributed by atoms with Crippen molar-refractivity contribution in [3.8, 4) is 0 Å². The van der Waals surface area contributed by atoms with Crippen molar-refractivity contribution in [2.24, 2.45) is 0 Å². The van der Waals surface area contributed by atoms with Crippen LogP contribution in [0.5, 0.6) is 0 Å². The molecule has 0 atom stereocenters. The Morgan fingerprint density at radius 2 is 1.96 bits per heavy atom. The zero-order chi connectivity index (χ0) is 17.3. The predicted molar refractivity (Wildman–Crippen MR) is 91.4 cm³/mol. The van der Waals surface area contributed by atoms with Gasteiger partial charge in [0, 0.05) is 16.5 Å². The van der Waals surface area contributed by atoms with E-state index in [1.165, 1.54) is 42.0 Å². The molecule has 3 rings (SSSR count). The summed E-state index contributed by atoms with van der Waals surface area (Å²) in [6.45, 7) is 0. The number of methoxy groups -OCH3 is 1. The summed E-state index contributed by atoms with van der Waals surface area (Å²) in [6, 6.07) is 11.6. The van der Waals surface area contributed by atoms with Gasteiger partial charge in [-0.25, -0.2) is 9.18 Å². The molecule has 0 radical (unpaired) electrons. The standard InChI is InChI=1S/C18H14FNO3S/c1-23-16(21)10-14-11-6-5-7-12(19)17(11)18(22)20(14)13-8-3-4-9-15(13)24-2/h3-10H,1-2H3/b14-10+. The lowest BCUT2D eigenvalue weighted by Crippen LogP contribution is -2.24. The van der Waals surface area contributed by atoms with E-state index < -0.39 is 17.7 Å². The molecule has 0 saturated carbocycles. The molecular formula is C18H14FNO3S. The summed E-state index contributed by atoms with van der Waals surface area (Å²) in [6.07, 6.45) is 3.09. The van der Waals surface area contributed by atoms with E-state index in [9.17, 15) is 14.0 Å². The fraction of sp³-hybridized carbons (Fsp3) is 0.111. The summed E-state index contributed by atoms with van der Waals surface area (Å²) in [5.74, 6) is -1.72. The van der Waals surface area contributed by atoms with Crippen LogP contribution >= 0.6 is 11.8 Å². The van der Waals surface area contributed by atoms with Crippen molar-refractivity contribution >= 4 is 35.0 Å². The first-order chi connectivity index (χ1) is 11.6. The number of thioether (sulfide) groups is 1. The number of carbonyl (C=O) groups is 2. The van der Waals surface area contributed by atoms with Gasteiger partial charge in [0.05, 0.1) is 24.1 Å². The highest BCUT2D eigenvalue weighted by Gasteiger charge is 2.37. The number of anilines is 1. The number of nitrogens with zero attached hydrogens (tertiary/aromatic N) is 1. The number of benzene rings is 2. The van der Waals surface area contributed by atoms with E-state index in [4.69, 9.17) is 0 Å². The van der Waals surface area contributed by atoms with Crippen LogP contribution in [0, 0.1) is 5.82 Å². The Morgan fingerprint density at radius 1 is 1.21 bits per heavy atom. The lowest BCUT2D eigenvalue weighted by Gasteiger charge is -2.20. The number of fused-ring (bicyclic) bond motifs is 1. The van der Waals surface area contributed by atoms with E-state index in [2.05, 4.69) is 4.74 Å². The Morgan fingerprint density at radius 3 is 2.67 bits per heavy atom. The predicted octanol–water partition coefficient (Wildman–Crippen LogP) is 3.72. The van der Waals surface area contributed by atoms with Gasteiger partial charge in [-0.15, -0.1) is 11.8 Å². The van der Waals surface area contributed by atoms with Crippen molar-refractivity contribution < 1.29 is 18.7 Å². The molecule has 122 valence electrons. The van der Waals surface area contributed by atoms with Gasteiger partial charge in [0.1, 0.15) is 5.82 Å². The molecule has 2 aromatic carbocycles. The molecule has 0 aromatic heterocycles. The summed E-state index contributed by atoms with van der Waals surface area (Å²) >= 11 is 1.46. The Hall–Kier alpha value is -2.60. The van der Waals surface area contributed by atoms with Gasteiger partial charge < -0.3 is 4.74 Å². The molecule has 0 unspecified atom stereocenters. The van der Waals surface area contributed by atoms with Crippen LogP contribution < -0.4 is 4.90 Å². The molecule has 1 amide bonds. The molecule has 1 aliphatic rings. The van der Waals surface area contributed by atoms with E-state index in [0.29, 0.717) is 16.9 Å². The highest BCUT2D eigenvalue weighted by Crippen LogP contribution is 2.41. The third-order valence-corrected chi connectivity index (χ3v) is 4.51. The highest BCUT2D eigenvalue weighted by atomic mass is 32.2. The molecule has 2 aromatic rings. The second-order valence-electron chi connectivity index (χ2n) is 5.03. The van der Waals surface area contributed by atoms with Gasteiger partial charge in [0.25, 0.3) is 5.91 Å². The van der Waals surface area contributed by atoms with Crippen LogP contribution in [0.25, 0.3) is 5.70 Å². The zero-order valence-electron chi connectivity index (χ0n) is 13.1. The number of ether oxygens (including phenoxy) is 1. The second kappa shape index (κ2) is 6.49. The smallest absolute Gasteiger partial charge is 0.332 e. The Labute approximate surface area is 142 Å². The Bertz CT molecular complexity index is 863. The number of hydrogen-bond acceptors (Lipinski definition) is 4. The number of halogens is 1. The Kier molecular flexibility index (Phi) is 4.40. The molecule has 0 fully saturated rings. The van der Waals surface area contributed by atoms with Crippen LogP contribution in [0.2, 0.25) is 0 Å². The van der Waals surface area contributed by atoms with E-state index in [1.807, 2.05) is 18.4 Å². The van der Waals surface area contributed by atoms with Crippen LogP contribution in [-0.4, -0.2) is 25.2 Å². The molecular weight excluding hydrogens is 329 g/mol. The van der Waals surface area contributed by atoms with Gasteiger partial charge in [-0.2, -0.15) is 0 Å². The summed E-state index contributed by atoms with van der Waals surface area (Å²) < 4.78 is 18.9. The molecule has 0 bridgehead atoms. The van der Waals surface area contributed by atoms with Crippen LogP contribution in [0.1, 0.15) is 15.9 Å². The zero-order valence-corrected chi connectivity index (χ0v) is 13.9. The molecule has 0 aliphatic carbocycles. The number of hydrogen-bond donors (Lipinski definition) is 0. The number of carbonyl (C=O) groups excluding carboxylic acids is 2. The van der Waals surface area contributed by atoms with Crippen LogP contribution in [-0.2, 0) is 9.53 Å². The Balaban J connectivity index is 2.25. The molecule has 0 spiro atoms. The van der Waals surface area contributed by atoms with Crippen LogP contribution in [0.3, 0.4) is 0 Å². The molecule has 1 heterocycles. The summed E-state index contributed by atoms with van der Waals surface area (Å²) in [7, 11) is 1.25. The largest absolute Gasteiger partial charge is 0.466 e. The van der Waals surface area contributed by atoms with Crippen molar-refractivity contribution in [2.75, 3.05) is 18.3 Å². The monoisotopic (exact) mass is 343 g/mol. The first-order valence-corrected chi connectivity index (χ1v) is 8.37. The van der Waals surface area contributed by atoms with Gasteiger partial charge in [-0.05, 0) is 24.5 Å². The van der Waals surface area contributed by atoms with Gasteiger partial charge in [0.2, 0.25) is 0 Å². The van der Waals surface area contributed by atoms with Crippen LogP contribution in [0.4, 0.5) is 10.1 Å². The minimum absolute atomic E-state index is 0.0384. The summed E-state index contributed by atoms with van der Waals surface area (Å²) in [4.78, 5) is 26.8. The fourth-order valence-electron chi connectivity index (χ4n) is 2.66. The average molecular weight is 343 g/mol. The maximum atomic E-state index is 14.2. The van der Waals surface area contributed by atoms with Gasteiger partial charge >= 0.3 is 5.97 Å². The maximum Gasteiger partial charge on any atom is 0.332 e. The van der Waals surface area contributed by atoms with Crippen LogP contribution in [0.15, 0.2) is 53.4 Å². The number of esters is 1. The maximum absolute atomic E-state index is 14.2. The third-order valence-electron chi connectivity index (χ3n) is 3.73. The van der Waals surface area contributed by atoms with E-state index in [0.717, 1.165) is 4.90 Å². The number of rotatable bonds is 3. The summed E-state index contributed by atoms with van der Waals surface area (Å²) in [5, 5.41) is 0. The summed E-state index contributed by atoms with van der Waals surface area (Å²) in [5.41, 5.74) is 1.24. The molecule has 4 nitrogen and oxygen atoms in total. The second-order valence-corrected chi connectivity index (χ2v) is 5.88. The molecule has 0 N–H and O–H groups in total.